The Kier molecular flexibility index (Phi) is 4.12. The molecule has 0 amide bonds. The van der Waals surface area contributed by atoms with Crippen molar-refractivity contribution in [3.05, 3.63) is 17.2 Å². The van der Waals surface area contributed by atoms with Crippen molar-refractivity contribution >= 4 is 19.4 Å². The van der Waals surface area contributed by atoms with Crippen molar-refractivity contribution < 1.29 is 19.4 Å². The number of aromatic nitrogens is 1. The zero-order valence-corrected chi connectivity index (χ0v) is 14.3. The van der Waals surface area contributed by atoms with Gasteiger partial charge in [-0.15, -0.1) is 0 Å². The van der Waals surface area contributed by atoms with E-state index >= 15 is 0 Å². The molecule has 2 rings (SSSR count). The molecule has 0 aliphatic carbocycles. The van der Waals surface area contributed by atoms with Crippen LogP contribution in [0.4, 0.5) is 0 Å². The topological polar surface area (TPSA) is 68.7 Å². The van der Waals surface area contributed by atoms with Crippen LogP contribution in [0.2, 0.25) is 19.6 Å². The van der Waals surface area contributed by atoms with Gasteiger partial charge in [0.2, 0.25) is 5.88 Å². The molecule has 0 bridgehead atoms. The van der Waals surface area contributed by atoms with Crippen LogP contribution in [-0.4, -0.2) is 31.2 Å². The molecule has 116 valence electrons. The first-order chi connectivity index (χ1) is 9.71. The van der Waals surface area contributed by atoms with Gasteiger partial charge in [-0.3, -0.25) is 4.79 Å². The van der Waals surface area contributed by atoms with Gasteiger partial charge in [0.15, 0.2) is 0 Å². The zero-order valence-electron chi connectivity index (χ0n) is 13.3. The van der Waals surface area contributed by atoms with Crippen molar-refractivity contribution in [2.45, 2.75) is 51.6 Å². The first-order valence-corrected chi connectivity index (χ1v) is 10.7. The minimum Gasteiger partial charge on any atom is -0.481 e. The molecule has 1 aromatic rings. The van der Waals surface area contributed by atoms with E-state index in [4.69, 9.17) is 9.47 Å². The normalized spacial score (nSPS) is 22.3. The highest BCUT2D eigenvalue weighted by molar-refractivity contribution is 6.88. The van der Waals surface area contributed by atoms with Gasteiger partial charge >= 0.3 is 5.97 Å². The van der Waals surface area contributed by atoms with Gasteiger partial charge in [-0.1, -0.05) is 26.6 Å². The molecule has 0 saturated carbocycles. The predicted octanol–water partition coefficient (Wildman–Crippen LogP) is 1.68. The Balaban J connectivity index is 2.71. The summed E-state index contributed by atoms with van der Waals surface area (Å²) in [6.45, 7) is 8.52. The van der Waals surface area contributed by atoms with Crippen LogP contribution in [0, 0.1) is 0 Å². The quantitative estimate of drug-likeness (QED) is 0.679. The summed E-state index contributed by atoms with van der Waals surface area (Å²) in [6.07, 6.45) is 0.405. The smallest absolute Gasteiger partial charge is 0.309 e. The van der Waals surface area contributed by atoms with Crippen LogP contribution in [0.1, 0.15) is 30.9 Å². The van der Waals surface area contributed by atoms with Crippen LogP contribution in [0.15, 0.2) is 6.07 Å². The predicted molar refractivity (Wildman–Crippen MR) is 82.4 cm³/mol. The molecular weight excluding hydrogens is 286 g/mol. The fourth-order valence-electron chi connectivity index (χ4n) is 2.51. The highest BCUT2D eigenvalue weighted by Crippen LogP contribution is 2.37. The number of rotatable bonds is 3. The minimum absolute atomic E-state index is 0.0329. The van der Waals surface area contributed by atoms with Crippen molar-refractivity contribution in [1.82, 2.24) is 4.98 Å². The number of ether oxygens (including phenoxy) is 2. The summed E-state index contributed by atoms with van der Waals surface area (Å²) in [5.41, 5.74) is 0.183. The van der Waals surface area contributed by atoms with Gasteiger partial charge < -0.3 is 14.6 Å². The Labute approximate surface area is 126 Å². The van der Waals surface area contributed by atoms with E-state index < -0.39 is 19.6 Å². The molecule has 5 nitrogen and oxygen atoms in total. The number of hydrogen-bond acceptors (Lipinski definition) is 5. The molecule has 6 heteroatoms. The Hall–Kier alpha value is -1.40. The molecule has 0 unspecified atom stereocenters. The standard InChI is InChI=1S/C15H23NO4Si/c1-6-15(18)8-13(17)20-9-10-11(15)7-12(21(3,4)5)16-14(10)19-2/h7,18H,6,8-9H2,1-5H3/t15-/m1/s1. The summed E-state index contributed by atoms with van der Waals surface area (Å²) in [7, 11) is -0.127. The highest BCUT2D eigenvalue weighted by atomic mass is 28.3. The third-order valence-corrected chi connectivity index (χ3v) is 5.74. The van der Waals surface area contributed by atoms with Gasteiger partial charge in [0, 0.05) is 5.32 Å². The molecule has 1 aliphatic heterocycles. The van der Waals surface area contributed by atoms with E-state index in [0.29, 0.717) is 17.9 Å². The first-order valence-electron chi connectivity index (χ1n) is 7.18. The van der Waals surface area contributed by atoms with Crippen LogP contribution < -0.4 is 10.1 Å². The largest absolute Gasteiger partial charge is 0.481 e. The molecule has 0 saturated heterocycles. The third kappa shape index (κ3) is 2.96. The SMILES string of the molecule is CC[C@@]1(O)CC(=O)OCc2c1cc([Si](C)(C)C)nc2OC. The summed E-state index contributed by atoms with van der Waals surface area (Å²) in [6, 6.07) is 1.94. The highest BCUT2D eigenvalue weighted by Gasteiger charge is 2.39. The average molecular weight is 309 g/mol. The monoisotopic (exact) mass is 309 g/mol. The van der Waals surface area contributed by atoms with E-state index in [0.717, 1.165) is 10.9 Å². The second-order valence-corrected chi connectivity index (χ2v) is 11.5. The van der Waals surface area contributed by atoms with Gasteiger partial charge in [-0.25, -0.2) is 4.98 Å². The van der Waals surface area contributed by atoms with Crippen molar-refractivity contribution in [2.24, 2.45) is 0 Å². The van der Waals surface area contributed by atoms with Gasteiger partial charge in [0.25, 0.3) is 0 Å². The molecule has 1 aliphatic rings. The van der Waals surface area contributed by atoms with E-state index in [1.54, 1.807) is 7.11 Å². The Bertz CT molecular complexity index is 568. The Morgan fingerprint density at radius 3 is 2.67 bits per heavy atom. The minimum atomic E-state index is -1.68. The van der Waals surface area contributed by atoms with Crippen molar-refractivity contribution in [2.75, 3.05) is 7.11 Å². The van der Waals surface area contributed by atoms with Crippen LogP contribution >= 0.6 is 0 Å². The van der Waals surface area contributed by atoms with E-state index in [1.165, 1.54) is 0 Å². The summed E-state index contributed by atoms with van der Waals surface area (Å²) >= 11 is 0. The van der Waals surface area contributed by atoms with Crippen LogP contribution in [0.5, 0.6) is 5.88 Å². The molecule has 0 aromatic carbocycles. The van der Waals surface area contributed by atoms with E-state index in [-0.39, 0.29) is 13.0 Å². The van der Waals surface area contributed by atoms with Crippen LogP contribution in [-0.2, 0) is 21.7 Å². The molecule has 0 radical (unpaired) electrons. The Morgan fingerprint density at radius 2 is 2.14 bits per heavy atom. The molecule has 1 aromatic heterocycles. The van der Waals surface area contributed by atoms with Crippen LogP contribution in [0.25, 0.3) is 0 Å². The number of methoxy groups -OCH3 is 1. The van der Waals surface area contributed by atoms with Gasteiger partial charge in [-0.2, -0.15) is 0 Å². The maximum atomic E-state index is 11.8. The van der Waals surface area contributed by atoms with E-state index in [1.807, 2.05) is 13.0 Å². The summed E-state index contributed by atoms with van der Waals surface area (Å²) < 4.78 is 10.6. The summed E-state index contributed by atoms with van der Waals surface area (Å²) in [5, 5.41) is 11.9. The number of carbonyl (C=O) groups is 1. The molecule has 0 spiro atoms. The molecular formula is C15H23NO4Si. The maximum absolute atomic E-state index is 11.8. The number of carbonyl (C=O) groups excluding carboxylic acids is 1. The van der Waals surface area contributed by atoms with Gasteiger partial charge in [0.1, 0.15) is 20.3 Å². The van der Waals surface area contributed by atoms with E-state index in [2.05, 4.69) is 24.6 Å². The number of fused-ring (bicyclic) bond motifs is 1. The van der Waals surface area contributed by atoms with Gasteiger partial charge in [-0.05, 0) is 18.1 Å². The van der Waals surface area contributed by atoms with Crippen molar-refractivity contribution in [3.8, 4) is 5.88 Å². The molecule has 0 fully saturated rings. The third-order valence-electron chi connectivity index (χ3n) is 3.95. The lowest BCUT2D eigenvalue weighted by atomic mass is 9.86. The number of nitrogens with zero attached hydrogens (tertiary/aromatic N) is 1. The van der Waals surface area contributed by atoms with E-state index in [9.17, 15) is 9.90 Å². The van der Waals surface area contributed by atoms with Crippen molar-refractivity contribution in [1.29, 1.82) is 0 Å². The summed E-state index contributed by atoms with van der Waals surface area (Å²) in [4.78, 5) is 16.4. The molecule has 1 N–H and O–H groups in total. The van der Waals surface area contributed by atoms with Gasteiger partial charge in [0.05, 0.1) is 19.1 Å². The van der Waals surface area contributed by atoms with Crippen molar-refractivity contribution in [3.63, 3.8) is 0 Å². The Morgan fingerprint density at radius 1 is 1.48 bits per heavy atom. The lowest BCUT2D eigenvalue weighted by Gasteiger charge is -2.28. The number of pyridine rings is 1. The second-order valence-electron chi connectivity index (χ2n) is 6.52. The lowest BCUT2D eigenvalue weighted by molar-refractivity contribution is -0.149. The fourth-order valence-corrected chi connectivity index (χ4v) is 3.52. The molecule has 2 heterocycles. The zero-order chi connectivity index (χ0) is 15.8. The summed E-state index contributed by atoms with van der Waals surface area (Å²) in [5.74, 6) is 0.0543. The average Bonchev–Trinajstić information content (AvgIpc) is 2.54. The number of aliphatic hydroxyl groups is 1. The number of cyclic esters (lactones) is 1. The van der Waals surface area contributed by atoms with Crippen LogP contribution in [0.3, 0.4) is 0 Å². The number of esters is 1. The molecule has 21 heavy (non-hydrogen) atoms. The first kappa shape index (κ1) is 16.0. The maximum Gasteiger partial charge on any atom is 0.309 e. The number of hydrogen-bond donors (Lipinski definition) is 1. The second kappa shape index (κ2) is 5.42. The molecule has 1 atom stereocenters. The fraction of sp³-hybridized carbons (Fsp3) is 0.600. The lowest BCUT2D eigenvalue weighted by Crippen LogP contribution is -2.42.